The number of benzene rings is 2. The largest absolute Gasteiger partial charge is 0.465 e. The van der Waals surface area contributed by atoms with Crippen LogP contribution in [0, 0.1) is 6.92 Å². The van der Waals surface area contributed by atoms with E-state index in [1.54, 1.807) is 7.11 Å². The van der Waals surface area contributed by atoms with Crippen LogP contribution in [0.3, 0.4) is 0 Å². The van der Waals surface area contributed by atoms with E-state index in [0.717, 1.165) is 44.8 Å². The minimum atomic E-state index is -0.283. The summed E-state index contributed by atoms with van der Waals surface area (Å²) in [7, 11) is 3.17. The van der Waals surface area contributed by atoms with E-state index >= 15 is 0 Å². The van der Waals surface area contributed by atoms with Crippen LogP contribution in [0.5, 0.6) is 0 Å². The van der Waals surface area contributed by atoms with Gasteiger partial charge in [-0.05, 0) is 36.2 Å². The summed E-state index contributed by atoms with van der Waals surface area (Å²) in [6.07, 6.45) is 3.11. The van der Waals surface area contributed by atoms with Gasteiger partial charge in [0.15, 0.2) is 0 Å². The van der Waals surface area contributed by atoms with E-state index in [1.807, 2.05) is 24.3 Å². The second kappa shape index (κ2) is 11.5. The summed E-state index contributed by atoms with van der Waals surface area (Å²) in [6.45, 7) is 6.33. The predicted octanol–water partition coefficient (Wildman–Crippen LogP) is 3.25. The van der Waals surface area contributed by atoms with Crippen molar-refractivity contribution in [2.75, 3.05) is 27.4 Å². The molecule has 0 saturated carbocycles. The Morgan fingerprint density at radius 3 is 2.42 bits per heavy atom. The summed E-state index contributed by atoms with van der Waals surface area (Å²) in [6, 6.07) is 20.6. The highest BCUT2D eigenvalue weighted by Gasteiger charge is 2.18. The van der Waals surface area contributed by atoms with Gasteiger partial charge in [0.25, 0.3) is 0 Å². The zero-order valence-corrected chi connectivity index (χ0v) is 18.8. The van der Waals surface area contributed by atoms with Crippen LogP contribution < -0.4 is 4.90 Å². The van der Waals surface area contributed by atoms with Crippen molar-refractivity contribution in [2.45, 2.75) is 33.0 Å². The zero-order valence-electron chi connectivity index (χ0n) is 18.8. The molecule has 1 unspecified atom stereocenters. The summed E-state index contributed by atoms with van der Waals surface area (Å²) < 4.78 is 12.6. The number of methoxy groups -OCH3 is 2. The van der Waals surface area contributed by atoms with Crippen molar-refractivity contribution in [3.05, 3.63) is 94.8 Å². The monoisotopic (exact) mass is 421 g/mol. The topological polar surface area (TPSA) is 44.9 Å². The van der Waals surface area contributed by atoms with Crippen molar-refractivity contribution in [2.24, 2.45) is 0 Å². The van der Waals surface area contributed by atoms with Crippen LogP contribution in [0.2, 0.25) is 0 Å². The number of aromatic nitrogens is 1. The Bertz CT molecular complexity index is 980. The number of aryl methyl sites for hydroxylation is 1. The van der Waals surface area contributed by atoms with Gasteiger partial charge in [0, 0.05) is 31.8 Å². The van der Waals surface area contributed by atoms with Gasteiger partial charge in [-0.1, -0.05) is 42.5 Å². The molecule has 1 aromatic heterocycles. The first-order valence-corrected chi connectivity index (χ1v) is 10.8. The Morgan fingerprint density at radius 1 is 0.935 bits per heavy atom. The summed E-state index contributed by atoms with van der Waals surface area (Å²) >= 11 is 0. The lowest BCUT2D eigenvalue weighted by Crippen LogP contribution is -3.09. The van der Waals surface area contributed by atoms with Gasteiger partial charge < -0.3 is 18.9 Å². The highest BCUT2D eigenvalue weighted by Crippen LogP contribution is 2.12. The fourth-order valence-electron chi connectivity index (χ4n) is 3.95. The number of hydrogen-bond donors (Lipinski definition) is 1. The number of nitrogens with one attached hydrogen (secondary N) is 1. The highest BCUT2D eigenvalue weighted by atomic mass is 16.5. The minimum Gasteiger partial charge on any atom is -0.465 e. The van der Waals surface area contributed by atoms with Crippen LogP contribution in [0.25, 0.3) is 0 Å². The van der Waals surface area contributed by atoms with E-state index in [4.69, 9.17) is 9.47 Å². The van der Waals surface area contributed by atoms with E-state index in [-0.39, 0.29) is 5.97 Å². The van der Waals surface area contributed by atoms with Crippen LogP contribution in [-0.2, 0) is 29.1 Å². The SMILES string of the molecule is COCCC[NH+](Cc1ccccc1C(=O)OC)Cc1cccn1Cc1ccccc1C. The Kier molecular flexibility index (Phi) is 8.44. The number of carbonyl (C=O) groups is 1. The third-order valence-corrected chi connectivity index (χ3v) is 5.70. The van der Waals surface area contributed by atoms with Crippen LogP contribution in [0.15, 0.2) is 66.9 Å². The van der Waals surface area contributed by atoms with Crippen molar-refractivity contribution in [1.29, 1.82) is 0 Å². The number of rotatable bonds is 11. The molecule has 1 N–H and O–H groups in total. The first-order valence-electron chi connectivity index (χ1n) is 10.8. The molecule has 0 spiro atoms. The molecule has 0 aliphatic carbocycles. The third kappa shape index (κ3) is 6.29. The number of esters is 1. The number of nitrogens with zero attached hydrogens (tertiary/aromatic N) is 1. The summed E-state index contributed by atoms with van der Waals surface area (Å²) in [4.78, 5) is 13.6. The standard InChI is InChI=1S/C26H32N2O3/c1-21-10-4-5-11-22(21)19-28-16-8-13-24(28)20-27(15-9-17-30-2)18-23-12-6-7-14-25(23)26(29)31-3/h4-8,10-14,16H,9,15,17-20H2,1-3H3/p+1. The van der Waals surface area contributed by atoms with Gasteiger partial charge in [0.1, 0.15) is 13.1 Å². The molecule has 164 valence electrons. The summed E-state index contributed by atoms with van der Waals surface area (Å²) in [5.74, 6) is -0.283. The normalized spacial score (nSPS) is 12.0. The van der Waals surface area contributed by atoms with Crippen molar-refractivity contribution >= 4 is 5.97 Å². The molecule has 5 heteroatoms. The lowest BCUT2D eigenvalue weighted by atomic mass is 10.1. The smallest absolute Gasteiger partial charge is 0.338 e. The van der Waals surface area contributed by atoms with Crippen LogP contribution in [0.4, 0.5) is 0 Å². The first-order chi connectivity index (χ1) is 15.1. The fraction of sp³-hybridized carbons (Fsp3) is 0.346. The molecule has 1 atom stereocenters. The van der Waals surface area contributed by atoms with E-state index in [0.29, 0.717) is 5.56 Å². The number of ether oxygens (including phenoxy) is 2. The second-order valence-corrected chi connectivity index (χ2v) is 7.90. The number of quaternary nitrogens is 1. The highest BCUT2D eigenvalue weighted by molar-refractivity contribution is 5.90. The minimum absolute atomic E-state index is 0.283. The third-order valence-electron chi connectivity index (χ3n) is 5.70. The molecule has 0 fully saturated rings. The summed E-state index contributed by atoms with van der Waals surface area (Å²) in [5, 5.41) is 0. The maximum Gasteiger partial charge on any atom is 0.338 e. The quantitative estimate of drug-likeness (QED) is 0.382. The van der Waals surface area contributed by atoms with Crippen molar-refractivity contribution in [3.8, 4) is 0 Å². The molecular formula is C26H33N2O3+. The number of hydrogen-bond acceptors (Lipinski definition) is 3. The zero-order chi connectivity index (χ0) is 22.1. The molecule has 5 nitrogen and oxygen atoms in total. The van der Waals surface area contributed by atoms with Gasteiger partial charge in [-0.15, -0.1) is 0 Å². The van der Waals surface area contributed by atoms with E-state index in [1.165, 1.54) is 28.8 Å². The molecule has 3 aromatic rings. The van der Waals surface area contributed by atoms with E-state index in [9.17, 15) is 4.79 Å². The van der Waals surface area contributed by atoms with Gasteiger partial charge >= 0.3 is 5.97 Å². The molecule has 0 saturated heterocycles. The Hall–Kier alpha value is -2.89. The van der Waals surface area contributed by atoms with E-state index in [2.05, 4.69) is 54.1 Å². The van der Waals surface area contributed by atoms with Gasteiger partial charge in [0.05, 0.1) is 31.5 Å². The lowest BCUT2D eigenvalue weighted by Gasteiger charge is -2.22. The van der Waals surface area contributed by atoms with Gasteiger partial charge in [-0.3, -0.25) is 0 Å². The molecule has 1 heterocycles. The maximum absolute atomic E-state index is 12.2. The van der Waals surface area contributed by atoms with Crippen LogP contribution in [-0.4, -0.2) is 37.9 Å². The molecule has 0 aliphatic heterocycles. The lowest BCUT2D eigenvalue weighted by molar-refractivity contribution is -0.928. The molecule has 0 bridgehead atoms. The Morgan fingerprint density at radius 2 is 1.68 bits per heavy atom. The average molecular weight is 422 g/mol. The van der Waals surface area contributed by atoms with Gasteiger partial charge in [0.2, 0.25) is 0 Å². The number of carbonyl (C=O) groups excluding carboxylic acids is 1. The van der Waals surface area contributed by atoms with Crippen molar-refractivity contribution in [3.63, 3.8) is 0 Å². The van der Waals surface area contributed by atoms with Crippen molar-refractivity contribution < 1.29 is 19.2 Å². The van der Waals surface area contributed by atoms with Gasteiger partial charge in [-0.25, -0.2) is 4.79 Å². The maximum atomic E-state index is 12.2. The van der Waals surface area contributed by atoms with Crippen LogP contribution in [0.1, 0.15) is 39.2 Å². The molecule has 0 amide bonds. The Labute approximate surface area is 185 Å². The van der Waals surface area contributed by atoms with Crippen LogP contribution >= 0.6 is 0 Å². The predicted molar refractivity (Wildman–Crippen MR) is 122 cm³/mol. The molecule has 2 aromatic carbocycles. The Balaban J connectivity index is 1.79. The first kappa shape index (κ1) is 22.8. The molecule has 3 rings (SSSR count). The molecular weight excluding hydrogens is 388 g/mol. The molecule has 0 aliphatic rings. The summed E-state index contributed by atoms with van der Waals surface area (Å²) in [5.41, 5.74) is 5.57. The van der Waals surface area contributed by atoms with Crippen molar-refractivity contribution in [1.82, 2.24) is 4.57 Å². The van der Waals surface area contributed by atoms with E-state index < -0.39 is 0 Å². The molecule has 0 radical (unpaired) electrons. The van der Waals surface area contributed by atoms with Gasteiger partial charge in [-0.2, -0.15) is 0 Å². The second-order valence-electron chi connectivity index (χ2n) is 7.90. The average Bonchev–Trinajstić information content (AvgIpc) is 3.21. The molecule has 31 heavy (non-hydrogen) atoms. The fourth-order valence-corrected chi connectivity index (χ4v) is 3.95.